The van der Waals surface area contributed by atoms with E-state index >= 15 is 0 Å². The van der Waals surface area contributed by atoms with Crippen molar-refractivity contribution in [2.24, 2.45) is 0 Å². The first kappa shape index (κ1) is 25.6. The first-order valence-corrected chi connectivity index (χ1v) is 13.3. The van der Waals surface area contributed by atoms with E-state index in [9.17, 15) is 13.2 Å². The first-order chi connectivity index (χ1) is 16.2. The van der Waals surface area contributed by atoms with Gasteiger partial charge < -0.3 is 14.3 Å². The molecule has 2 aliphatic heterocycles. The smallest absolute Gasteiger partial charge is 0.340 e. The van der Waals surface area contributed by atoms with Gasteiger partial charge in [-0.05, 0) is 58.5 Å². The van der Waals surface area contributed by atoms with Gasteiger partial charge in [0.25, 0.3) is 0 Å². The van der Waals surface area contributed by atoms with Gasteiger partial charge in [-0.1, -0.05) is 23.9 Å². The second-order valence-electron chi connectivity index (χ2n) is 10.00. The van der Waals surface area contributed by atoms with Gasteiger partial charge in [0, 0.05) is 42.5 Å². The number of thioether (sulfide) groups is 1. The van der Waals surface area contributed by atoms with Gasteiger partial charge in [0.2, 0.25) is 0 Å². The van der Waals surface area contributed by atoms with Gasteiger partial charge in [0.15, 0.2) is 0 Å². The molecule has 34 heavy (non-hydrogen) atoms. The fourth-order valence-electron chi connectivity index (χ4n) is 5.17. The fraction of sp³-hybridized carbons (Fsp3) is 0.615. The number of piperazine rings is 1. The summed E-state index contributed by atoms with van der Waals surface area (Å²) in [5, 5.41) is 0. The average molecular weight is 496 g/mol. The Hall–Kier alpha value is -1.48. The highest BCUT2D eigenvalue weighted by molar-refractivity contribution is 8.03. The summed E-state index contributed by atoms with van der Waals surface area (Å²) < 4.78 is 41.5. The molecule has 0 bridgehead atoms. The van der Waals surface area contributed by atoms with Crippen LogP contribution in [-0.4, -0.2) is 87.3 Å². The van der Waals surface area contributed by atoms with E-state index in [-0.39, 0.29) is 0 Å². The van der Waals surface area contributed by atoms with Gasteiger partial charge in [0.1, 0.15) is 0 Å². The zero-order valence-corrected chi connectivity index (χ0v) is 21.5. The van der Waals surface area contributed by atoms with E-state index in [0.29, 0.717) is 5.69 Å². The summed E-state index contributed by atoms with van der Waals surface area (Å²) in [6.45, 7) is 12.1. The SMILES string of the molecule is CC[N+]1(CCN(C)C)CCN(CCCN2C3=CCCC=C3Sc3ccc(C(F)(F)F)cc32)CC1. The number of hydrogen-bond acceptors (Lipinski definition) is 4. The molecule has 0 saturated carbocycles. The topological polar surface area (TPSA) is 9.72 Å². The molecule has 1 aromatic rings. The molecule has 0 radical (unpaired) electrons. The van der Waals surface area contributed by atoms with E-state index < -0.39 is 11.7 Å². The Kier molecular flexibility index (Phi) is 8.02. The molecule has 0 unspecified atom stereocenters. The maximum Gasteiger partial charge on any atom is 0.416 e. The van der Waals surface area contributed by atoms with Crippen LogP contribution in [-0.2, 0) is 6.18 Å². The molecule has 4 rings (SSSR count). The molecule has 1 fully saturated rings. The van der Waals surface area contributed by atoms with Crippen LogP contribution in [0.1, 0.15) is 31.7 Å². The molecule has 188 valence electrons. The number of quaternary nitrogens is 1. The molecular weight excluding hydrogens is 457 g/mol. The second-order valence-corrected chi connectivity index (χ2v) is 11.1. The van der Waals surface area contributed by atoms with Gasteiger partial charge in [0.05, 0.1) is 43.1 Å². The Morgan fingerprint density at radius 3 is 2.47 bits per heavy atom. The average Bonchev–Trinajstić information content (AvgIpc) is 2.82. The minimum absolute atomic E-state index is 0.567. The number of nitrogens with zero attached hydrogens (tertiary/aromatic N) is 4. The molecule has 3 aliphatic rings. The fourth-order valence-corrected chi connectivity index (χ4v) is 6.32. The molecule has 1 aromatic carbocycles. The lowest BCUT2D eigenvalue weighted by atomic mass is 10.1. The number of rotatable bonds is 8. The van der Waals surface area contributed by atoms with Gasteiger partial charge in [-0.2, -0.15) is 13.2 Å². The van der Waals surface area contributed by atoms with E-state index in [2.05, 4.69) is 47.9 Å². The van der Waals surface area contributed by atoms with E-state index in [1.165, 1.54) is 47.7 Å². The zero-order chi connectivity index (χ0) is 24.3. The molecule has 8 heteroatoms. The van der Waals surface area contributed by atoms with Crippen LogP contribution >= 0.6 is 11.8 Å². The zero-order valence-electron chi connectivity index (χ0n) is 20.7. The Labute approximate surface area is 206 Å². The van der Waals surface area contributed by atoms with Gasteiger partial charge in [-0.3, -0.25) is 4.90 Å². The van der Waals surface area contributed by atoms with Crippen molar-refractivity contribution in [3.63, 3.8) is 0 Å². The third kappa shape index (κ3) is 5.83. The van der Waals surface area contributed by atoms with Gasteiger partial charge in [-0.15, -0.1) is 0 Å². The number of allylic oxidation sites excluding steroid dienone is 2. The highest BCUT2D eigenvalue weighted by Crippen LogP contribution is 2.49. The minimum Gasteiger partial charge on any atom is -0.340 e. The second kappa shape index (κ2) is 10.6. The van der Waals surface area contributed by atoms with E-state index in [1.54, 1.807) is 17.8 Å². The first-order valence-electron chi connectivity index (χ1n) is 12.5. The Morgan fingerprint density at radius 1 is 1.06 bits per heavy atom. The van der Waals surface area contributed by atoms with Crippen LogP contribution in [0.2, 0.25) is 0 Å². The molecule has 2 heterocycles. The van der Waals surface area contributed by atoms with Crippen LogP contribution in [0.3, 0.4) is 0 Å². The molecule has 0 spiro atoms. The quantitative estimate of drug-likeness (QED) is 0.454. The largest absolute Gasteiger partial charge is 0.416 e. The van der Waals surface area contributed by atoms with Crippen LogP contribution in [0, 0.1) is 0 Å². The molecule has 1 saturated heterocycles. The Balaban J connectivity index is 1.41. The van der Waals surface area contributed by atoms with Crippen LogP contribution < -0.4 is 4.90 Å². The maximum absolute atomic E-state index is 13.4. The number of fused-ring (bicyclic) bond motifs is 2. The third-order valence-corrected chi connectivity index (χ3v) is 8.66. The number of halogens is 3. The van der Waals surface area contributed by atoms with Crippen molar-refractivity contribution in [2.75, 3.05) is 77.9 Å². The van der Waals surface area contributed by atoms with Crippen molar-refractivity contribution in [2.45, 2.75) is 37.3 Å². The number of anilines is 1. The third-order valence-electron chi connectivity index (χ3n) is 7.50. The highest BCUT2D eigenvalue weighted by Gasteiger charge is 2.35. The van der Waals surface area contributed by atoms with Crippen molar-refractivity contribution in [3.05, 3.63) is 46.5 Å². The van der Waals surface area contributed by atoms with Crippen molar-refractivity contribution in [1.82, 2.24) is 9.80 Å². The molecule has 0 atom stereocenters. The number of benzene rings is 1. The lowest BCUT2D eigenvalue weighted by Crippen LogP contribution is -2.61. The number of alkyl halides is 3. The number of hydrogen-bond donors (Lipinski definition) is 0. The normalized spacial score (nSPS) is 20.6. The van der Waals surface area contributed by atoms with Crippen molar-refractivity contribution < 1.29 is 17.7 Å². The van der Waals surface area contributed by atoms with Crippen molar-refractivity contribution in [1.29, 1.82) is 0 Å². The van der Waals surface area contributed by atoms with Crippen LogP contribution in [0.5, 0.6) is 0 Å². The molecule has 0 N–H and O–H groups in total. The summed E-state index contributed by atoms with van der Waals surface area (Å²) in [4.78, 5) is 9.05. The van der Waals surface area contributed by atoms with E-state index in [1.807, 2.05) is 0 Å². The lowest BCUT2D eigenvalue weighted by Gasteiger charge is -2.45. The van der Waals surface area contributed by atoms with E-state index in [4.69, 9.17) is 0 Å². The molecular formula is C26H38F3N4S+. The standard InChI is InChI=1S/C26H38F3N4S/c1-4-33(17-14-30(2)3)18-15-31(16-19-33)12-7-13-32-22-8-5-6-9-24(22)34-25-11-10-21(20-23(25)32)26(27,28)29/h8-11,20H,4-7,12-19H2,1-3H3/q+1. The summed E-state index contributed by atoms with van der Waals surface area (Å²) in [6.07, 6.45) is 2.98. The number of likely N-dealkylation sites (N-methyl/N-ethyl adjacent to an activating group) is 2. The Bertz CT molecular complexity index is 917. The minimum atomic E-state index is -4.33. The summed E-state index contributed by atoms with van der Waals surface area (Å²) in [5.74, 6) is 0. The summed E-state index contributed by atoms with van der Waals surface area (Å²) in [5.41, 5.74) is 1.23. The lowest BCUT2D eigenvalue weighted by molar-refractivity contribution is -0.929. The Morgan fingerprint density at radius 2 is 1.79 bits per heavy atom. The molecule has 4 nitrogen and oxygen atoms in total. The van der Waals surface area contributed by atoms with E-state index in [0.717, 1.165) is 62.6 Å². The van der Waals surface area contributed by atoms with Crippen LogP contribution in [0.15, 0.2) is 45.8 Å². The monoisotopic (exact) mass is 495 g/mol. The molecule has 0 amide bonds. The summed E-state index contributed by atoms with van der Waals surface area (Å²) in [6, 6.07) is 4.19. The van der Waals surface area contributed by atoms with Gasteiger partial charge in [-0.25, -0.2) is 0 Å². The van der Waals surface area contributed by atoms with Crippen LogP contribution in [0.25, 0.3) is 0 Å². The van der Waals surface area contributed by atoms with Crippen LogP contribution in [0.4, 0.5) is 18.9 Å². The van der Waals surface area contributed by atoms with Crippen molar-refractivity contribution in [3.8, 4) is 0 Å². The highest BCUT2D eigenvalue weighted by atomic mass is 32.2. The maximum atomic E-state index is 13.4. The van der Waals surface area contributed by atoms with Crippen molar-refractivity contribution >= 4 is 17.4 Å². The van der Waals surface area contributed by atoms with Gasteiger partial charge >= 0.3 is 6.18 Å². The summed E-state index contributed by atoms with van der Waals surface area (Å²) >= 11 is 1.60. The predicted octanol–water partition coefficient (Wildman–Crippen LogP) is 5.28. The predicted molar refractivity (Wildman–Crippen MR) is 135 cm³/mol. The molecule has 1 aliphatic carbocycles. The summed E-state index contributed by atoms with van der Waals surface area (Å²) in [7, 11) is 4.28. The molecule has 0 aromatic heterocycles.